The molecule has 0 saturated carbocycles. The molecular weight excluding hydrogens is 490 g/mol. The molecule has 2 aromatic carbocycles. The Kier molecular flexibility index (Phi) is 6.02. The lowest BCUT2D eigenvalue weighted by Crippen LogP contribution is -2.32. The molecule has 1 saturated heterocycles. The molecule has 2 N–H and O–H groups in total. The van der Waals surface area contributed by atoms with Gasteiger partial charge in [0.05, 0.1) is 16.9 Å². The minimum absolute atomic E-state index is 0.0503. The van der Waals surface area contributed by atoms with Gasteiger partial charge in [-0.05, 0) is 43.3 Å². The van der Waals surface area contributed by atoms with Crippen LogP contribution in [0.2, 0.25) is 0 Å². The number of nitrogen functional groups attached to an aromatic ring is 1. The lowest BCUT2D eigenvalue weighted by molar-refractivity contribution is -0.137. The van der Waals surface area contributed by atoms with Crippen LogP contribution in [0.25, 0.3) is 22.5 Å². The fraction of sp³-hybridized carbons (Fsp3) is 0.200. The smallest absolute Gasteiger partial charge is 0.368 e. The van der Waals surface area contributed by atoms with Gasteiger partial charge in [-0.3, -0.25) is 14.5 Å². The van der Waals surface area contributed by atoms with Crippen molar-refractivity contribution in [3.8, 4) is 22.5 Å². The van der Waals surface area contributed by atoms with Gasteiger partial charge in [-0.15, -0.1) is 0 Å². The van der Waals surface area contributed by atoms with Gasteiger partial charge in [-0.1, -0.05) is 12.1 Å². The molecule has 12 heteroatoms. The zero-order valence-electron chi connectivity index (χ0n) is 19.6. The molecule has 1 aliphatic rings. The molecule has 1 aliphatic heterocycles. The quantitative estimate of drug-likeness (QED) is 0.371. The Morgan fingerprint density at radius 2 is 1.73 bits per heavy atom. The van der Waals surface area contributed by atoms with Gasteiger partial charge in [-0.2, -0.15) is 18.3 Å². The summed E-state index contributed by atoms with van der Waals surface area (Å²) in [6, 6.07) is 10.1. The molecule has 0 aliphatic carbocycles. The summed E-state index contributed by atoms with van der Waals surface area (Å²) in [4.78, 5) is 23.9. The molecule has 2 amide bonds. The molecule has 3 heterocycles. The number of hydrogen-bond donors (Lipinski definition) is 1. The topological polar surface area (TPSA) is 93.2 Å². The van der Waals surface area contributed by atoms with E-state index in [1.54, 1.807) is 29.1 Å². The second-order valence-corrected chi connectivity index (χ2v) is 8.32. The predicted molar refractivity (Wildman–Crippen MR) is 130 cm³/mol. The van der Waals surface area contributed by atoms with Crippen molar-refractivity contribution in [2.75, 3.05) is 28.6 Å². The molecular formula is C25H21F4N7O. The van der Waals surface area contributed by atoms with Crippen molar-refractivity contribution >= 4 is 23.4 Å². The Balaban J connectivity index is 1.49. The molecule has 0 bridgehead atoms. The summed E-state index contributed by atoms with van der Waals surface area (Å²) in [7, 11) is 0. The lowest BCUT2D eigenvalue weighted by atomic mass is 10.0. The van der Waals surface area contributed by atoms with Crippen LogP contribution in [0.4, 0.5) is 39.7 Å². The summed E-state index contributed by atoms with van der Waals surface area (Å²) < 4.78 is 56.3. The summed E-state index contributed by atoms with van der Waals surface area (Å²) in [5.41, 5.74) is 6.77. The number of benzene rings is 2. The van der Waals surface area contributed by atoms with Crippen LogP contribution in [0, 0.1) is 5.82 Å². The van der Waals surface area contributed by atoms with Crippen LogP contribution in [-0.4, -0.2) is 38.9 Å². The van der Waals surface area contributed by atoms with Crippen LogP contribution >= 0.6 is 0 Å². The Hall–Kier alpha value is -4.48. The van der Waals surface area contributed by atoms with Crippen LogP contribution < -0.4 is 15.5 Å². The second-order valence-electron chi connectivity index (χ2n) is 8.32. The molecule has 37 heavy (non-hydrogen) atoms. The Morgan fingerprint density at radius 1 is 1.00 bits per heavy atom. The number of aromatic nitrogens is 4. The zero-order valence-corrected chi connectivity index (χ0v) is 19.6. The number of alkyl halides is 3. The van der Waals surface area contributed by atoms with E-state index >= 15 is 4.39 Å². The van der Waals surface area contributed by atoms with Gasteiger partial charge in [0.2, 0.25) is 5.95 Å². The highest BCUT2D eigenvalue weighted by Crippen LogP contribution is 2.37. The first-order valence-corrected chi connectivity index (χ1v) is 11.4. The SMILES string of the molecule is CCn1cc(-c2cccc(N3CCN(c4ccc(C(F)(F)F)cc4)C3=O)c2F)c(-c2ccnc(N)n2)n1. The van der Waals surface area contributed by atoms with Gasteiger partial charge in [-0.25, -0.2) is 19.2 Å². The number of aryl methyl sites for hydroxylation is 1. The molecule has 8 nitrogen and oxygen atoms in total. The number of halogens is 4. The van der Waals surface area contributed by atoms with Crippen molar-refractivity contribution in [3.05, 3.63) is 72.3 Å². The summed E-state index contributed by atoms with van der Waals surface area (Å²) in [5, 5.41) is 4.51. The van der Waals surface area contributed by atoms with E-state index in [2.05, 4.69) is 15.1 Å². The van der Waals surface area contributed by atoms with Gasteiger partial charge in [0.15, 0.2) is 5.82 Å². The van der Waals surface area contributed by atoms with Gasteiger partial charge in [0, 0.05) is 48.8 Å². The molecule has 0 radical (unpaired) electrons. The number of carbonyl (C=O) groups excluding carboxylic acids is 1. The Bertz CT molecular complexity index is 1470. The van der Waals surface area contributed by atoms with Crippen molar-refractivity contribution in [2.24, 2.45) is 0 Å². The van der Waals surface area contributed by atoms with Crippen LogP contribution in [0.1, 0.15) is 12.5 Å². The monoisotopic (exact) mass is 511 g/mol. The normalized spacial score (nSPS) is 14.0. The Labute approximate surface area is 209 Å². The molecule has 0 spiro atoms. The third kappa shape index (κ3) is 4.46. The maximum atomic E-state index is 16.0. The van der Waals surface area contributed by atoms with Crippen molar-refractivity contribution < 1.29 is 22.4 Å². The second kappa shape index (κ2) is 9.19. The molecule has 190 valence electrons. The number of rotatable bonds is 5. The molecule has 4 aromatic rings. The standard InChI is InChI=1S/C25H21F4N7O/c1-2-34-14-18(22(33-34)19-10-11-31-23(30)32-19)17-4-3-5-20(21(17)26)36-13-12-35(24(36)37)16-8-6-15(7-9-16)25(27,28)29/h3-11,14H,2,12-13H2,1H3,(H2,30,31,32). The van der Waals surface area contributed by atoms with Gasteiger partial charge < -0.3 is 5.73 Å². The highest BCUT2D eigenvalue weighted by Gasteiger charge is 2.34. The van der Waals surface area contributed by atoms with Crippen LogP contribution in [-0.2, 0) is 12.7 Å². The number of urea groups is 1. The highest BCUT2D eigenvalue weighted by atomic mass is 19.4. The lowest BCUT2D eigenvalue weighted by Gasteiger charge is -2.20. The van der Waals surface area contributed by atoms with Crippen LogP contribution in [0.3, 0.4) is 0 Å². The molecule has 5 rings (SSSR count). The first-order valence-electron chi connectivity index (χ1n) is 11.4. The van der Waals surface area contributed by atoms with E-state index < -0.39 is 23.6 Å². The largest absolute Gasteiger partial charge is 0.416 e. The highest BCUT2D eigenvalue weighted by molar-refractivity contribution is 6.06. The minimum atomic E-state index is -4.48. The van der Waals surface area contributed by atoms with Crippen molar-refractivity contribution in [3.63, 3.8) is 0 Å². The summed E-state index contributed by atoms with van der Waals surface area (Å²) in [6.45, 7) is 2.76. The third-order valence-electron chi connectivity index (χ3n) is 6.08. The third-order valence-corrected chi connectivity index (χ3v) is 6.08. The Morgan fingerprint density at radius 3 is 2.41 bits per heavy atom. The number of nitrogens with two attached hydrogens (primary N) is 1. The number of anilines is 3. The predicted octanol–water partition coefficient (Wildman–Crippen LogP) is 5.21. The molecule has 0 atom stereocenters. The van der Waals surface area contributed by atoms with Gasteiger partial charge >= 0.3 is 12.2 Å². The fourth-order valence-electron chi connectivity index (χ4n) is 4.24. The van der Waals surface area contributed by atoms with Gasteiger partial charge in [0.25, 0.3) is 0 Å². The molecule has 0 unspecified atom stereocenters. The maximum Gasteiger partial charge on any atom is 0.416 e. The average Bonchev–Trinajstić information content (AvgIpc) is 3.47. The van der Waals surface area contributed by atoms with Crippen LogP contribution in [0.5, 0.6) is 0 Å². The average molecular weight is 511 g/mol. The van der Waals surface area contributed by atoms with E-state index in [-0.39, 0.29) is 30.3 Å². The van der Waals surface area contributed by atoms with E-state index in [0.29, 0.717) is 29.2 Å². The molecule has 1 fully saturated rings. The van der Waals surface area contributed by atoms with E-state index in [4.69, 9.17) is 5.73 Å². The van der Waals surface area contributed by atoms with E-state index in [1.807, 2.05) is 6.92 Å². The van der Waals surface area contributed by atoms with E-state index in [1.165, 1.54) is 34.2 Å². The summed E-state index contributed by atoms with van der Waals surface area (Å²) >= 11 is 0. The number of carbonyl (C=O) groups is 1. The van der Waals surface area contributed by atoms with E-state index in [9.17, 15) is 18.0 Å². The maximum absolute atomic E-state index is 16.0. The summed E-state index contributed by atoms with van der Waals surface area (Å²) in [5.74, 6) is -0.584. The first-order chi connectivity index (χ1) is 17.7. The van der Waals surface area contributed by atoms with Gasteiger partial charge in [0.1, 0.15) is 5.69 Å². The van der Waals surface area contributed by atoms with Crippen molar-refractivity contribution in [2.45, 2.75) is 19.6 Å². The zero-order chi connectivity index (χ0) is 26.3. The van der Waals surface area contributed by atoms with Crippen molar-refractivity contribution in [1.29, 1.82) is 0 Å². The van der Waals surface area contributed by atoms with Crippen molar-refractivity contribution in [1.82, 2.24) is 19.7 Å². The number of amides is 2. The first kappa shape index (κ1) is 24.2. The number of nitrogens with zero attached hydrogens (tertiary/aromatic N) is 6. The van der Waals surface area contributed by atoms with Crippen LogP contribution in [0.15, 0.2) is 60.9 Å². The van der Waals surface area contributed by atoms with E-state index in [0.717, 1.165) is 12.1 Å². The summed E-state index contributed by atoms with van der Waals surface area (Å²) in [6.07, 6.45) is -1.31. The molecule has 2 aromatic heterocycles. The fourth-order valence-corrected chi connectivity index (χ4v) is 4.24. The number of hydrogen-bond acceptors (Lipinski definition) is 5. The minimum Gasteiger partial charge on any atom is -0.368 e.